The molecule has 5 aromatic rings. The average Bonchev–Trinajstić information content (AvgIpc) is 2.98. The van der Waals surface area contributed by atoms with Gasteiger partial charge in [-0.1, -0.05) is 66.7 Å². The Morgan fingerprint density at radius 2 is 1.06 bits per heavy atom. The number of fused-ring (bicyclic) bond motifs is 7. The molecular weight excluding hydrogens is 395 g/mol. The van der Waals surface area contributed by atoms with Gasteiger partial charge >= 0.3 is 7.32 Å². The molecule has 4 heteroatoms. The van der Waals surface area contributed by atoms with E-state index in [1.807, 2.05) is 30.3 Å². The van der Waals surface area contributed by atoms with Crippen LogP contribution in [0.3, 0.4) is 0 Å². The van der Waals surface area contributed by atoms with Gasteiger partial charge in [-0.25, -0.2) is 0 Å². The van der Waals surface area contributed by atoms with Crippen LogP contribution in [0.4, 0.5) is 0 Å². The molecule has 6 rings (SSSR count). The largest absolute Gasteiger partial charge is 0.864 e. The summed E-state index contributed by atoms with van der Waals surface area (Å²) in [6.45, 7) is 4.15. The fourth-order valence-corrected chi connectivity index (χ4v) is 4.61. The van der Waals surface area contributed by atoms with Crippen LogP contribution in [0.15, 0.2) is 91.0 Å². The lowest BCUT2D eigenvalue weighted by atomic mass is 9.89. The molecule has 3 nitrogen and oxygen atoms in total. The summed E-state index contributed by atoms with van der Waals surface area (Å²) in [5.74, 6) is 2.28. The lowest BCUT2D eigenvalue weighted by molar-refractivity contribution is 0.310. The first-order valence-corrected chi connectivity index (χ1v) is 10.8. The molecule has 0 fully saturated rings. The van der Waals surface area contributed by atoms with Crippen LogP contribution < -0.4 is 14.0 Å². The van der Waals surface area contributed by atoms with Crippen LogP contribution in [0.25, 0.3) is 32.7 Å². The zero-order valence-electron chi connectivity index (χ0n) is 18.0. The molecule has 1 aliphatic heterocycles. The van der Waals surface area contributed by atoms with Gasteiger partial charge in [0.1, 0.15) is 17.2 Å². The molecule has 0 aromatic heterocycles. The van der Waals surface area contributed by atoms with E-state index in [9.17, 15) is 0 Å². The van der Waals surface area contributed by atoms with E-state index in [0.29, 0.717) is 5.75 Å². The SMILES string of the molecule is Cc1cc2ccccc2c2c1OB(Oc1ccccc1)Oc1c(C)cc3ccccc3c1-2. The van der Waals surface area contributed by atoms with Crippen molar-refractivity contribution >= 4 is 28.9 Å². The van der Waals surface area contributed by atoms with Crippen molar-refractivity contribution in [3.8, 4) is 28.4 Å². The lowest BCUT2D eigenvalue weighted by Gasteiger charge is -2.17. The Bertz CT molecular complexity index is 1380. The third-order valence-electron chi connectivity index (χ3n) is 6.03. The molecule has 0 spiro atoms. The van der Waals surface area contributed by atoms with Crippen molar-refractivity contribution in [2.45, 2.75) is 13.8 Å². The molecule has 1 aliphatic rings. The van der Waals surface area contributed by atoms with Gasteiger partial charge < -0.3 is 14.0 Å². The molecule has 0 N–H and O–H groups in total. The van der Waals surface area contributed by atoms with Crippen LogP contribution in [-0.2, 0) is 0 Å². The average molecular weight is 416 g/mol. The Hall–Kier alpha value is -3.92. The van der Waals surface area contributed by atoms with Gasteiger partial charge in [0.15, 0.2) is 0 Å². The minimum absolute atomic E-state index is 0.694. The Kier molecular flexibility index (Phi) is 4.32. The topological polar surface area (TPSA) is 27.7 Å². The first-order valence-electron chi connectivity index (χ1n) is 10.8. The van der Waals surface area contributed by atoms with E-state index in [1.54, 1.807) is 0 Å². The zero-order valence-corrected chi connectivity index (χ0v) is 18.0. The van der Waals surface area contributed by atoms with Crippen molar-refractivity contribution in [3.63, 3.8) is 0 Å². The van der Waals surface area contributed by atoms with Gasteiger partial charge in [-0.3, -0.25) is 0 Å². The molecule has 0 saturated heterocycles. The second-order valence-electron chi connectivity index (χ2n) is 8.19. The van der Waals surface area contributed by atoms with Gasteiger partial charge in [-0.05, 0) is 70.8 Å². The minimum Gasteiger partial charge on any atom is -0.490 e. The molecule has 5 aromatic carbocycles. The van der Waals surface area contributed by atoms with Gasteiger partial charge in [0.2, 0.25) is 0 Å². The van der Waals surface area contributed by atoms with Crippen LogP contribution >= 0.6 is 0 Å². The van der Waals surface area contributed by atoms with Crippen molar-refractivity contribution < 1.29 is 14.0 Å². The Morgan fingerprint density at radius 1 is 0.594 bits per heavy atom. The van der Waals surface area contributed by atoms with E-state index >= 15 is 0 Å². The lowest BCUT2D eigenvalue weighted by Crippen LogP contribution is -2.36. The van der Waals surface area contributed by atoms with E-state index in [4.69, 9.17) is 14.0 Å². The van der Waals surface area contributed by atoms with Gasteiger partial charge in [-0.2, -0.15) is 0 Å². The molecule has 1 heterocycles. The second-order valence-corrected chi connectivity index (χ2v) is 8.19. The maximum atomic E-state index is 6.44. The van der Waals surface area contributed by atoms with Crippen molar-refractivity contribution in [3.05, 3.63) is 102 Å². The standard InChI is InChI=1S/C28H21BO3/c1-18-16-20-10-6-8-14-23(20)25-26-24-15-9-7-11-21(24)17-19(2)28(26)32-29(31-27(18)25)30-22-12-4-3-5-13-22/h3-17H,1-2H3. The first-order chi connectivity index (χ1) is 15.7. The second kappa shape index (κ2) is 7.35. The summed E-state index contributed by atoms with van der Waals surface area (Å²) in [6.07, 6.45) is 0. The molecule has 0 unspecified atom stereocenters. The quantitative estimate of drug-likeness (QED) is 0.287. The molecule has 0 bridgehead atoms. The van der Waals surface area contributed by atoms with E-state index in [0.717, 1.165) is 44.5 Å². The van der Waals surface area contributed by atoms with Crippen LogP contribution in [-0.4, -0.2) is 7.32 Å². The number of hydrogen-bond acceptors (Lipinski definition) is 3. The number of rotatable bonds is 2. The highest BCUT2D eigenvalue weighted by atomic mass is 16.7. The summed E-state index contributed by atoms with van der Waals surface area (Å²) in [5.41, 5.74) is 4.19. The third kappa shape index (κ3) is 2.99. The van der Waals surface area contributed by atoms with E-state index in [2.05, 4.69) is 74.5 Å². The predicted octanol–water partition coefficient (Wildman–Crippen LogP) is 7.11. The summed E-state index contributed by atoms with van der Waals surface area (Å²) < 4.78 is 19.0. The van der Waals surface area contributed by atoms with E-state index in [-0.39, 0.29) is 0 Å². The fraction of sp³-hybridized carbons (Fsp3) is 0.0714. The molecule has 0 saturated carbocycles. The smallest absolute Gasteiger partial charge is 0.490 e. The Balaban J connectivity index is 1.68. The van der Waals surface area contributed by atoms with Gasteiger partial charge in [-0.15, -0.1) is 0 Å². The van der Waals surface area contributed by atoms with Gasteiger partial charge in [0, 0.05) is 11.1 Å². The molecule has 0 atom stereocenters. The monoisotopic (exact) mass is 416 g/mol. The number of aryl methyl sites for hydroxylation is 2. The zero-order chi connectivity index (χ0) is 21.7. The number of para-hydroxylation sites is 1. The van der Waals surface area contributed by atoms with Crippen molar-refractivity contribution in [1.82, 2.24) is 0 Å². The molecule has 154 valence electrons. The van der Waals surface area contributed by atoms with Crippen molar-refractivity contribution in [1.29, 1.82) is 0 Å². The van der Waals surface area contributed by atoms with Crippen LogP contribution in [0.2, 0.25) is 0 Å². The highest BCUT2D eigenvalue weighted by Gasteiger charge is 2.38. The van der Waals surface area contributed by atoms with Crippen LogP contribution in [0.1, 0.15) is 11.1 Å². The molecule has 0 aliphatic carbocycles. The molecule has 0 radical (unpaired) electrons. The highest BCUT2D eigenvalue weighted by molar-refractivity contribution is 6.41. The van der Waals surface area contributed by atoms with E-state index in [1.165, 1.54) is 10.8 Å². The highest BCUT2D eigenvalue weighted by Crippen LogP contribution is 2.50. The summed E-state index contributed by atoms with van der Waals surface area (Å²) in [6, 6.07) is 30.8. The summed E-state index contributed by atoms with van der Waals surface area (Å²) in [7, 11) is -0.905. The van der Waals surface area contributed by atoms with Gasteiger partial charge in [0.05, 0.1) is 0 Å². The first kappa shape index (κ1) is 18.8. The van der Waals surface area contributed by atoms with Crippen LogP contribution in [0, 0.1) is 13.8 Å². The Labute approximate surface area is 187 Å². The summed E-state index contributed by atoms with van der Waals surface area (Å²) in [4.78, 5) is 0. The maximum absolute atomic E-state index is 6.44. The molecule has 32 heavy (non-hydrogen) atoms. The molecular formula is C28H21BO3. The Morgan fingerprint density at radius 3 is 1.59 bits per heavy atom. The van der Waals surface area contributed by atoms with Crippen molar-refractivity contribution in [2.24, 2.45) is 0 Å². The number of hydrogen-bond donors (Lipinski definition) is 0. The maximum Gasteiger partial charge on any atom is 0.864 e. The van der Waals surface area contributed by atoms with Gasteiger partial charge in [0.25, 0.3) is 0 Å². The van der Waals surface area contributed by atoms with Crippen LogP contribution in [0.5, 0.6) is 17.2 Å². The summed E-state index contributed by atoms with van der Waals surface area (Å²) in [5, 5.41) is 4.61. The fourth-order valence-electron chi connectivity index (χ4n) is 4.61. The van der Waals surface area contributed by atoms with E-state index < -0.39 is 7.32 Å². The predicted molar refractivity (Wildman–Crippen MR) is 130 cm³/mol. The minimum atomic E-state index is -0.905. The normalized spacial score (nSPS) is 12.5. The van der Waals surface area contributed by atoms with Crippen molar-refractivity contribution in [2.75, 3.05) is 0 Å². The summed E-state index contributed by atoms with van der Waals surface area (Å²) >= 11 is 0. The number of benzene rings is 5. The third-order valence-corrected chi connectivity index (χ3v) is 6.03. The molecule has 0 amide bonds.